The van der Waals surface area contributed by atoms with Crippen LogP contribution < -0.4 is 5.32 Å². The maximum absolute atomic E-state index is 11.1. The van der Waals surface area contributed by atoms with Gasteiger partial charge in [0.2, 0.25) is 5.91 Å². The zero-order valence-electron chi connectivity index (χ0n) is 11.6. The summed E-state index contributed by atoms with van der Waals surface area (Å²) in [5.74, 6) is 0.179. The highest BCUT2D eigenvalue weighted by atomic mass is 16.3. The molecule has 2 atom stereocenters. The van der Waals surface area contributed by atoms with Crippen LogP contribution in [0.4, 0.5) is 0 Å². The van der Waals surface area contributed by atoms with Gasteiger partial charge >= 0.3 is 0 Å². The van der Waals surface area contributed by atoms with Gasteiger partial charge < -0.3 is 10.4 Å². The van der Waals surface area contributed by atoms with Gasteiger partial charge in [-0.25, -0.2) is 0 Å². The Morgan fingerprint density at radius 3 is 2.78 bits per heavy atom. The smallest absolute Gasteiger partial charge is 0.220 e. The number of carbonyl (C=O) groups excluding carboxylic acids is 1. The minimum Gasteiger partial charge on any atom is -0.393 e. The number of aliphatic hydroxyl groups excluding tert-OH is 1. The van der Waals surface area contributed by atoms with E-state index in [0.29, 0.717) is 12.5 Å². The Morgan fingerprint density at radius 1 is 1.50 bits per heavy atom. The quantitative estimate of drug-likeness (QED) is 0.733. The first-order valence-electron chi connectivity index (χ1n) is 7.64. The molecule has 1 aliphatic carbocycles. The van der Waals surface area contributed by atoms with E-state index in [0.717, 1.165) is 19.3 Å². The van der Waals surface area contributed by atoms with Crippen molar-refractivity contribution in [2.75, 3.05) is 0 Å². The molecule has 2 unspecified atom stereocenters. The van der Waals surface area contributed by atoms with E-state index in [2.05, 4.69) is 12.2 Å². The first-order valence-corrected chi connectivity index (χ1v) is 7.64. The molecule has 104 valence electrons. The molecule has 0 radical (unpaired) electrons. The summed E-state index contributed by atoms with van der Waals surface area (Å²) in [6, 6.07) is 0.315. The second-order valence-electron chi connectivity index (χ2n) is 6.22. The van der Waals surface area contributed by atoms with E-state index >= 15 is 0 Å². The van der Waals surface area contributed by atoms with Crippen LogP contribution in [0.1, 0.15) is 71.1 Å². The number of hydrogen-bond donors (Lipinski definition) is 2. The molecule has 1 aliphatic heterocycles. The van der Waals surface area contributed by atoms with E-state index < -0.39 is 0 Å². The third-order valence-corrected chi connectivity index (χ3v) is 4.96. The summed E-state index contributed by atoms with van der Waals surface area (Å²) >= 11 is 0. The Balaban J connectivity index is 1.75. The molecule has 0 spiro atoms. The molecule has 2 rings (SSSR count). The van der Waals surface area contributed by atoms with Gasteiger partial charge in [-0.1, -0.05) is 26.2 Å². The van der Waals surface area contributed by atoms with Crippen molar-refractivity contribution in [3.8, 4) is 0 Å². The van der Waals surface area contributed by atoms with Crippen molar-refractivity contribution in [2.45, 2.75) is 83.3 Å². The van der Waals surface area contributed by atoms with Crippen LogP contribution in [0, 0.1) is 5.41 Å². The number of carbonyl (C=O) groups is 1. The zero-order chi connectivity index (χ0) is 13.0. The van der Waals surface area contributed by atoms with Crippen LogP contribution in [0.25, 0.3) is 0 Å². The first-order chi connectivity index (χ1) is 8.66. The van der Waals surface area contributed by atoms with Gasteiger partial charge in [-0.3, -0.25) is 4.79 Å². The molecule has 2 aliphatic rings. The SMILES string of the molecule is CCCCC1(C(O)CCC2CCC(=O)N2)CCC1. The summed E-state index contributed by atoms with van der Waals surface area (Å²) in [6.07, 6.45) is 10.6. The van der Waals surface area contributed by atoms with Crippen molar-refractivity contribution in [1.29, 1.82) is 0 Å². The molecule has 1 saturated heterocycles. The Morgan fingerprint density at radius 2 is 2.28 bits per heavy atom. The minimum atomic E-state index is -0.157. The number of unbranched alkanes of at least 4 members (excludes halogenated alkanes) is 1. The van der Waals surface area contributed by atoms with Gasteiger partial charge in [0, 0.05) is 12.5 Å². The Bertz CT molecular complexity index is 286. The lowest BCUT2D eigenvalue weighted by atomic mass is 9.61. The van der Waals surface area contributed by atoms with Gasteiger partial charge in [-0.15, -0.1) is 0 Å². The van der Waals surface area contributed by atoms with Gasteiger partial charge in [-0.05, 0) is 43.9 Å². The Kier molecular flexibility index (Phi) is 4.66. The van der Waals surface area contributed by atoms with Crippen molar-refractivity contribution < 1.29 is 9.90 Å². The lowest BCUT2D eigenvalue weighted by molar-refractivity contribution is -0.119. The molecule has 3 heteroatoms. The van der Waals surface area contributed by atoms with Gasteiger partial charge in [0.25, 0.3) is 0 Å². The van der Waals surface area contributed by atoms with Crippen LogP contribution in [0.2, 0.25) is 0 Å². The molecule has 2 N–H and O–H groups in total. The summed E-state index contributed by atoms with van der Waals surface area (Å²) in [6.45, 7) is 2.22. The fourth-order valence-corrected chi connectivity index (χ4v) is 3.47. The van der Waals surface area contributed by atoms with Crippen molar-refractivity contribution in [3.05, 3.63) is 0 Å². The Hall–Kier alpha value is -0.570. The fourth-order valence-electron chi connectivity index (χ4n) is 3.47. The van der Waals surface area contributed by atoms with E-state index in [9.17, 15) is 9.90 Å². The largest absolute Gasteiger partial charge is 0.393 e. The predicted octanol–water partition coefficient (Wildman–Crippen LogP) is 2.77. The van der Waals surface area contributed by atoms with Crippen molar-refractivity contribution in [3.63, 3.8) is 0 Å². The Labute approximate surface area is 110 Å². The van der Waals surface area contributed by atoms with Crippen molar-refractivity contribution in [1.82, 2.24) is 5.32 Å². The standard InChI is InChI=1S/C15H27NO2/c1-2-3-9-15(10-4-11-15)13(17)7-5-12-6-8-14(18)16-12/h12-13,17H,2-11H2,1H3,(H,16,18). The van der Waals surface area contributed by atoms with Gasteiger partial charge in [-0.2, -0.15) is 0 Å². The maximum atomic E-state index is 11.1. The van der Waals surface area contributed by atoms with E-state index in [4.69, 9.17) is 0 Å². The van der Waals surface area contributed by atoms with Crippen molar-refractivity contribution >= 4 is 5.91 Å². The number of hydrogen-bond acceptors (Lipinski definition) is 2. The van der Waals surface area contributed by atoms with E-state index in [1.807, 2.05) is 0 Å². The molecule has 1 saturated carbocycles. The maximum Gasteiger partial charge on any atom is 0.220 e. The normalized spacial score (nSPS) is 27.7. The molecular formula is C15H27NO2. The molecule has 0 aromatic heterocycles. The second kappa shape index (κ2) is 6.05. The number of aliphatic hydroxyl groups is 1. The lowest BCUT2D eigenvalue weighted by Crippen LogP contribution is -2.42. The van der Waals surface area contributed by atoms with Crippen LogP contribution >= 0.6 is 0 Å². The van der Waals surface area contributed by atoms with Crippen LogP contribution in [-0.2, 0) is 4.79 Å². The highest BCUT2D eigenvalue weighted by Crippen LogP contribution is 2.49. The molecule has 0 aromatic rings. The zero-order valence-corrected chi connectivity index (χ0v) is 11.6. The average molecular weight is 253 g/mol. The van der Waals surface area contributed by atoms with Crippen molar-refractivity contribution in [2.24, 2.45) is 5.41 Å². The summed E-state index contributed by atoms with van der Waals surface area (Å²) in [5.41, 5.74) is 0.221. The first kappa shape index (κ1) is 13.9. The molecule has 3 nitrogen and oxygen atoms in total. The third-order valence-electron chi connectivity index (χ3n) is 4.96. The molecular weight excluding hydrogens is 226 g/mol. The summed E-state index contributed by atoms with van der Waals surface area (Å²) in [7, 11) is 0. The number of rotatable bonds is 7. The molecule has 18 heavy (non-hydrogen) atoms. The van der Waals surface area contributed by atoms with E-state index in [-0.39, 0.29) is 17.4 Å². The van der Waals surface area contributed by atoms with Crippen LogP contribution in [0.15, 0.2) is 0 Å². The highest BCUT2D eigenvalue weighted by molar-refractivity contribution is 5.78. The summed E-state index contributed by atoms with van der Waals surface area (Å²) in [4.78, 5) is 11.1. The topological polar surface area (TPSA) is 49.3 Å². The highest BCUT2D eigenvalue weighted by Gasteiger charge is 2.42. The molecule has 1 amide bonds. The van der Waals surface area contributed by atoms with Gasteiger partial charge in [0.15, 0.2) is 0 Å². The van der Waals surface area contributed by atoms with E-state index in [1.165, 1.54) is 38.5 Å². The average Bonchev–Trinajstić information content (AvgIpc) is 2.71. The van der Waals surface area contributed by atoms with Gasteiger partial charge in [0.05, 0.1) is 6.10 Å². The predicted molar refractivity (Wildman–Crippen MR) is 72.2 cm³/mol. The summed E-state index contributed by atoms with van der Waals surface area (Å²) in [5, 5.41) is 13.4. The molecule has 1 heterocycles. The monoisotopic (exact) mass is 253 g/mol. The molecule has 0 aromatic carbocycles. The molecule has 0 bridgehead atoms. The minimum absolute atomic E-state index is 0.157. The number of amides is 1. The molecule has 2 fully saturated rings. The number of nitrogens with one attached hydrogen (secondary N) is 1. The van der Waals surface area contributed by atoms with Gasteiger partial charge in [0.1, 0.15) is 0 Å². The van der Waals surface area contributed by atoms with Crippen LogP contribution in [0.5, 0.6) is 0 Å². The lowest BCUT2D eigenvalue weighted by Gasteiger charge is -2.46. The third kappa shape index (κ3) is 3.05. The fraction of sp³-hybridized carbons (Fsp3) is 0.933. The van der Waals surface area contributed by atoms with Crippen LogP contribution in [0.3, 0.4) is 0 Å². The van der Waals surface area contributed by atoms with E-state index in [1.54, 1.807) is 0 Å². The van der Waals surface area contributed by atoms with Crippen LogP contribution in [-0.4, -0.2) is 23.2 Å². The summed E-state index contributed by atoms with van der Waals surface area (Å²) < 4.78 is 0. The second-order valence-corrected chi connectivity index (χ2v) is 6.22.